The molecule has 1 aliphatic heterocycles. The predicted molar refractivity (Wildman–Crippen MR) is 44.0 cm³/mol. The Bertz CT molecular complexity index is 276. The Morgan fingerprint density at radius 2 is 2.31 bits per heavy atom. The standard InChI is InChI=1S/C7H8ClNO4/c1-9-5(13-7(11)12-2)3-4(8)6(9)10/h3,5H,1-2H3. The van der Waals surface area contributed by atoms with Crippen LogP contribution < -0.4 is 0 Å². The van der Waals surface area contributed by atoms with Gasteiger partial charge in [-0.2, -0.15) is 0 Å². The second kappa shape index (κ2) is 3.66. The van der Waals surface area contributed by atoms with Gasteiger partial charge in [0.15, 0.2) is 0 Å². The second-order valence-corrected chi connectivity index (χ2v) is 2.80. The second-order valence-electron chi connectivity index (χ2n) is 2.39. The number of amides is 1. The van der Waals surface area contributed by atoms with E-state index in [1.54, 1.807) is 0 Å². The normalized spacial score (nSPS) is 21.5. The van der Waals surface area contributed by atoms with Gasteiger partial charge in [0.1, 0.15) is 5.03 Å². The van der Waals surface area contributed by atoms with Crippen LogP contribution in [0.5, 0.6) is 0 Å². The maximum Gasteiger partial charge on any atom is 0.510 e. The Morgan fingerprint density at radius 1 is 1.69 bits per heavy atom. The van der Waals surface area contributed by atoms with Crippen LogP contribution in [0.15, 0.2) is 11.1 Å². The molecular weight excluding hydrogens is 198 g/mol. The summed E-state index contributed by atoms with van der Waals surface area (Å²) in [6, 6.07) is 0. The molecule has 0 saturated carbocycles. The lowest BCUT2D eigenvalue weighted by Gasteiger charge is -2.18. The fourth-order valence-corrected chi connectivity index (χ4v) is 1.09. The number of carbonyl (C=O) groups excluding carboxylic acids is 2. The Morgan fingerprint density at radius 3 is 2.69 bits per heavy atom. The number of methoxy groups -OCH3 is 1. The van der Waals surface area contributed by atoms with E-state index in [1.807, 2.05) is 0 Å². The fourth-order valence-electron chi connectivity index (χ4n) is 0.852. The molecule has 1 atom stereocenters. The largest absolute Gasteiger partial charge is 0.510 e. The van der Waals surface area contributed by atoms with E-state index < -0.39 is 12.4 Å². The van der Waals surface area contributed by atoms with Crippen molar-refractivity contribution in [2.45, 2.75) is 6.23 Å². The molecule has 0 N–H and O–H groups in total. The van der Waals surface area contributed by atoms with Crippen molar-refractivity contribution in [3.63, 3.8) is 0 Å². The average molecular weight is 206 g/mol. The van der Waals surface area contributed by atoms with Crippen molar-refractivity contribution in [3.8, 4) is 0 Å². The first kappa shape index (κ1) is 9.85. The van der Waals surface area contributed by atoms with E-state index in [0.717, 1.165) is 0 Å². The summed E-state index contributed by atoms with van der Waals surface area (Å²) < 4.78 is 8.96. The number of carbonyl (C=O) groups is 2. The monoisotopic (exact) mass is 205 g/mol. The summed E-state index contributed by atoms with van der Waals surface area (Å²) in [6.07, 6.45) is -0.291. The van der Waals surface area contributed by atoms with E-state index >= 15 is 0 Å². The third kappa shape index (κ3) is 1.92. The molecule has 0 aromatic carbocycles. The van der Waals surface area contributed by atoms with E-state index in [9.17, 15) is 9.59 Å². The molecule has 0 saturated heterocycles. The number of halogens is 1. The van der Waals surface area contributed by atoms with E-state index in [2.05, 4.69) is 4.74 Å². The van der Waals surface area contributed by atoms with Crippen LogP contribution in [-0.2, 0) is 14.3 Å². The van der Waals surface area contributed by atoms with Crippen molar-refractivity contribution in [1.29, 1.82) is 0 Å². The highest BCUT2D eigenvalue weighted by atomic mass is 35.5. The minimum absolute atomic E-state index is 0.0383. The summed E-state index contributed by atoms with van der Waals surface area (Å²) in [5.74, 6) is -0.379. The van der Waals surface area contributed by atoms with Crippen molar-refractivity contribution in [1.82, 2.24) is 4.90 Å². The number of ether oxygens (including phenoxy) is 2. The molecule has 5 nitrogen and oxygen atoms in total. The Labute approximate surface area is 79.8 Å². The maximum absolute atomic E-state index is 11.1. The molecule has 0 aromatic rings. The van der Waals surface area contributed by atoms with Gasteiger partial charge in [0.05, 0.1) is 7.11 Å². The summed E-state index contributed by atoms with van der Waals surface area (Å²) in [6.45, 7) is 0. The number of hydrogen-bond donors (Lipinski definition) is 0. The number of nitrogens with zero attached hydrogens (tertiary/aromatic N) is 1. The van der Waals surface area contributed by atoms with Gasteiger partial charge in [-0.3, -0.25) is 4.79 Å². The number of rotatable bonds is 1. The molecule has 1 rings (SSSR count). The van der Waals surface area contributed by atoms with Crippen LogP contribution >= 0.6 is 11.6 Å². The van der Waals surface area contributed by atoms with Crippen LogP contribution in [0.4, 0.5) is 4.79 Å². The fraction of sp³-hybridized carbons (Fsp3) is 0.429. The highest BCUT2D eigenvalue weighted by Crippen LogP contribution is 2.19. The Hall–Kier alpha value is -1.23. The first-order chi connectivity index (χ1) is 6.06. The van der Waals surface area contributed by atoms with Gasteiger partial charge < -0.3 is 14.4 Å². The summed E-state index contributed by atoms with van der Waals surface area (Å²) >= 11 is 5.52. The zero-order valence-electron chi connectivity index (χ0n) is 7.11. The zero-order chi connectivity index (χ0) is 10.0. The summed E-state index contributed by atoms with van der Waals surface area (Å²) in [5, 5.41) is 0.0383. The van der Waals surface area contributed by atoms with Crippen LogP contribution in [0.3, 0.4) is 0 Å². The molecule has 1 aliphatic rings. The molecular formula is C7H8ClNO4. The van der Waals surface area contributed by atoms with Crippen molar-refractivity contribution < 1.29 is 19.1 Å². The van der Waals surface area contributed by atoms with Crippen molar-refractivity contribution >= 4 is 23.7 Å². The predicted octanol–water partition coefficient (Wildman–Crippen LogP) is 0.690. The summed E-state index contributed by atoms with van der Waals surface area (Å²) in [4.78, 5) is 22.9. The number of hydrogen-bond acceptors (Lipinski definition) is 4. The first-order valence-corrected chi connectivity index (χ1v) is 3.83. The van der Waals surface area contributed by atoms with Gasteiger partial charge >= 0.3 is 6.16 Å². The van der Waals surface area contributed by atoms with Crippen molar-refractivity contribution in [2.75, 3.05) is 14.2 Å². The van der Waals surface area contributed by atoms with Gasteiger partial charge in [-0.1, -0.05) is 11.6 Å². The van der Waals surface area contributed by atoms with Gasteiger partial charge in [-0.05, 0) is 0 Å². The molecule has 0 aliphatic carbocycles. The zero-order valence-corrected chi connectivity index (χ0v) is 7.87. The minimum Gasteiger partial charge on any atom is -0.438 e. The quantitative estimate of drug-likeness (QED) is 0.591. The van der Waals surface area contributed by atoms with E-state index in [0.29, 0.717) is 0 Å². The molecule has 0 spiro atoms. The van der Waals surface area contributed by atoms with Crippen molar-refractivity contribution in [3.05, 3.63) is 11.1 Å². The van der Waals surface area contributed by atoms with E-state index in [-0.39, 0.29) is 10.9 Å². The van der Waals surface area contributed by atoms with Crippen LogP contribution in [0, 0.1) is 0 Å². The lowest BCUT2D eigenvalue weighted by atomic mass is 10.5. The molecule has 0 aromatic heterocycles. The molecule has 13 heavy (non-hydrogen) atoms. The maximum atomic E-state index is 11.1. The highest BCUT2D eigenvalue weighted by molar-refractivity contribution is 6.42. The van der Waals surface area contributed by atoms with Gasteiger partial charge in [-0.15, -0.1) is 0 Å². The minimum atomic E-state index is -0.854. The lowest BCUT2D eigenvalue weighted by molar-refractivity contribution is -0.130. The SMILES string of the molecule is COC(=O)OC1C=C(Cl)C(=O)N1C. The van der Waals surface area contributed by atoms with Gasteiger partial charge in [0, 0.05) is 13.1 Å². The van der Waals surface area contributed by atoms with Crippen LogP contribution in [-0.4, -0.2) is 37.3 Å². The highest BCUT2D eigenvalue weighted by Gasteiger charge is 2.31. The van der Waals surface area contributed by atoms with E-state index in [1.165, 1.54) is 25.1 Å². The van der Waals surface area contributed by atoms with Gasteiger partial charge in [0.2, 0.25) is 6.23 Å². The Balaban J connectivity index is 2.63. The van der Waals surface area contributed by atoms with Gasteiger partial charge in [0.25, 0.3) is 5.91 Å². The molecule has 1 heterocycles. The van der Waals surface area contributed by atoms with Crippen molar-refractivity contribution in [2.24, 2.45) is 0 Å². The molecule has 1 amide bonds. The molecule has 0 bridgehead atoms. The first-order valence-electron chi connectivity index (χ1n) is 3.45. The van der Waals surface area contributed by atoms with Crippen LogP contribution in [0.2, 0.25) is 0 Å². The smallest absolute Gasteiger partial charge is 0.438 e. The van der Waals surface area contributed by atoms with E-state index in [4.69, 9.17) is 16.3 Å². The molecule has 6 heteroatoms. The summed E-state index contributed by atoms with van der Waals surface area (Å²) in [7, 11) is 2.66. The molecule has 72 valence electrons. The molecule has 0 radical (unpaired) electrons. The number of likely N-dealkylation sites (N-methyl/N-ethyl adjacent to an activating group) is 1. The van der Waals surface area contributed by atoms with Crippen LogP contribution in [0.1, 0.15) is 0 Å². The topological polar surface area (TPSA) is 55.8 Å². The third-order valence-corrected chi connectivity index (χ3v) is 1.87. The van der Waals surface area contributed by atoms with Gasteiger partial charge in [-0.25, -0.2) is 4.79 Å². The molecule has 0 fully saturated rings. The Kier molecular flexibility index (Phi) is 2.77. The average Bonchev–Trinajstić information content (AvgIpc) is 2.34. The summed E-state index contributed by atoms with van der Waals surface area (Å²) in [5.41, 5.74) is 0. The molecule has 1 unspecified atom stereocenters. The lowest BCUT2D eigenvalue weighted by Crippen LogP contribution is -2.33. The third-order valence-electron chi connectivity index (χ3n) is 1.58. The van der Waals surface area contributed by atoms with Crippen LogP contribution in [0.25, 0.3) is 0 Å².